The van der Waals surface area contributed by atoms with E-state index in [1.807, 2.05) is 12.1 Å². The van der Waals surface area contributed by atoms with Crippen molar-refractivity contribution in [1.82, 2.24) is 4.90 Å². The highest BCUT2D eigenvalue weighted by Crippen LogP contribution is 2.23. The van der Waals surface area contributed by atoms with E-state index < -0.39 is 0 Å². The Morgan fingerprint density at radius 3 is 2.84 bits per heavy atom. The zero-order chi connectivity index (χ0) is 14.0. The Bertz CT molecular complexity index is 478. The first-order valence-electron chi connectivity index (χ1n) is 6.43. The van der Waals surface area contributed by atoms with Crippen LogP contribution in [0.2, 0.25) is 5.02 Å². The lowest BCUT2D eigenvalue weighted by atomic mass is 10.1. The van der Waals surface area contributed by atoms with Crippen LogP contribution in [-0.4, -0.2) is 36.5 Å². The van der Waals surface area contributed by atoms with Gasteiger partial charge in [-0.3, -0.25) is 10.3 Å². The monoisotopic (exact) mass is 281 g/mol. The minimum absolute atomic E-state index is 0.0413. The lowest BCUT2D eigenvalue weighted by Crippen LogP contribution is -2.36. The molecule has 0 saturated carbocycles. The molecule has 1 aliphatic rings. The standard InChI is InChI=1S/C14H20ClN3O/c1-9-13(5-6-19-9)18(2)8-11-4-3-10(14(16)17)7-12(11)15/h3-4,7,9,13H,5-6,8H2,1-2H3,(H3,16,17). The first-order chi connectivity index (χ1) is 8.99. The minimum atomic E-state index is 0.0413. The van der Waals surface area contributed by atoms with Crippen LogP contribution < -0.4 is 5.73 Å². The minimum Gasteiger partial charge on any atom is -0.384 e. The molecule has 0 bridgehead atoms. The van der Waals surface area contributed by atoms with Gasteiger partial charge in [0.15, 0.2) is 0 Å². The largest absolute Gasteiger partial charge is 0.384 e. The van der Waals surface area contributed by atoms with Crippen LogP contribution in [0.5, 0.6) is 0 Å². The molecule has 2 unspecified atom stereocenters. The van der Waals surface area contributed by atoms with Gasteiger partial charge in [-0.15, -0.1) is 0 Å². The molecule has 0 radical (unpaired) electrons. The molecule has 3 N–H and O–H groups in total. The molecule has 2 atom stereocenters. The average Bonchev–Trinajstić information content (AvgIpc) is 2.77. The number of hydrogen-bond donors (Lipinski definition) is 2. The molecule has 19 heavy (non-hydrogen) atoms. The van der Waals surface area contributed by atoms with Crippen molar-refractivity contribution >= 4 is 17.4 Å². The predicted molar refractivity (Wildman–Crippen MR) is 77.8 cm³/mol. The summed E-state index contributed by atoms with van der Waals surface area (Å²) >= 11 is 6.25. The molecule has 1 aromatic rings. The lowest BCUT2D eigenvalue weighted by Gasteiger charge is -2.27. The number of likely N-dealkylation sites (N-methyl/N-ethyl adjacent to an activating group) is 1. The van der Waals surface area contributed by atoms with Gasteiger partial charge in [0.2, 0.25) is 0 Å². The van der Waals surface area contributed by atoms with Crippen molar-refractivity contribution in [3.63, 3.8) is 0 Å². The highest BCUT2D eigenvalue weighted by molar-refractivity contribution is 6.31. The van der Waals surface area contributed by atoms with E-state index in [9.17, 15) is 0 Å². The maximum absolute atomic E-state index is 7.40. The van der Waals surface area contributed by atoms with E-state index in [2.05, 4.69) is 18.9 Å². The first kappa shape index (κ1) is 14.3. The van der Waals surface area contributed by atoms with Gasteiger partial charge in [0.25, 0.3) is 0 Å². The first-order valence-corrected chi connectivity index (χ1v) is 6.81. The second kappa shape index (κ2) is 5.90. The topological polar surface area (TPSA) is 62.3 Å². The summed E-state index contributed by atoms with van der Waals surface area (Å²) in [4.78, 5) is 2.27. The zero-order valence-corrected chi connectivity index (χ0v) is 12.1. The van der Waals surface area contributed by atoms with Crippen LogP contribution in [-0.2, 0) is 11.3 Å². The van der Waals surface area contributed by atoms with Crippen LogP contribution in [0.25, 0.3) is 0 Å². The van der Waals surface area contributed by atoms with Gasteiger partial charge in [0, 0.05) is 29.8 Å². The second-order valence-corrected chi connectivity index (χ2v) is 5.47. The van der Waals surface area contributed by atoms with Crippen LogP contribution in [0.15, 0.2) is 18.2 Å². The number of halogens is 1. The Hall–Kier alpha value is -1.10. The van der Waals surface area contributed by atoms with Crippen LogP contribution >= 0.6 is 11.6 Å². The number of ether oxygens (including phenoxy) is 1. The number of nitrogen functional groups attached to an aromatic ring is 1. The fraction of sp³-hybridized carbons (Fsp3) is 0.500. The van der Waals surface area contributed by atoms with Gasteiger partial charge in [-0.2, -0.15) is 0 Å². The van der Waals surface area contributed by atoms with Crippen LogP contribution in [0.1, 0.15) is 24.5 Å². The highest BCUT2D eigenvalue weighted by Gasteiger charge is 2.27. The van der Waals surface area contributed by atoms with E-state index in [1.165, 1.54) is 0 Å². The summed E-state index contributed by atoms with van der Waals surface area (Å²) in [5, 5.41) is 8.06. The maximum atomic E-state index is 7.40. The molecule has 104 valence electrons. The normalized spacial score (nSPS) is 22.9. The van der Waals surface area contributed by atoms with E-state index >= 15 is 0 Å². The second-order valence-electron chi connectivity index (χ2n) is 5.07. The fourth-order valence-corrected chi connectivity index (χ4v) is 2.77. The van der Waals surface area contributed by atoms with Crippen molar-refractivity contribution < 1.29 is 4.74 Å². The summed E-state index contributed by atoms with van der Waals surface area (Å²) in [5.41, 5.74) is 7.16. The van der Waals surface area contributed by atoms with E-state index in [-0.39, 0.29) is 11.9 Å². The third kappa shape index (κ3) is 3.26. The smallest absolute Gasteiger partial charge is 0.122 e. The predicted octanol–water partition coefficient (Wildman–Crippen LogP) is 2.23. The van der Waals surface area contributed by atoms with Gasteiger partial charge in [0.1, 0.15) is 5.84 Å². The molecule has 1 aliphatic heterocycles. The number of hydrogen-bond acceptors (Lipinski definition) is 3. The number of rotatable bonds is 4. The van der Waals surface area contributed by atoms with E-state index in [1.54, 1.807) is 6.07 Å². The van der Waals surface area contributed by atoms with E-state index in [0.29, 0.717) is 16.6 Å². The van der Waals surface area contributed by atoms with Crippen molar-refractivity contribution in [1.29, 1.82) is 5.41 Å². The number of amidine groups is 1. The summed E-state index contributed by atoms with van der Waals surface area (Å²) in [5.74, 6) is 0.0413. The zero-order valence-electron chi connectivity index (χ0n) is 11.3. The molecule has 1 fully saturated rings. The highest BCUT2D eigenvalue weighted by atomic mass is 35.5. The molecule has 0 amide bonds. The molecule has 0 spiro atoms. The molecule has 5 heteroatoms. The van der Waals surface area contributed by atoms with Crippen LogP contribution in [0.4, 0.5) is 0 Å². The van der Waals surface area contributed by atoms with E-state index in [4.69, 9.17) is 27.5 Å². The van der Waals surface area contributed by atoms with Crippen molar-refractivity contribution in [3.8, 4) is 0 Å². The van der Waals surface area contributed by atoms with E-state index in [0.717, 1.165) is 25.1 Å². The number of nitrogens with one attached hydrogen (secondary N) is 1. The fourth-order valence-electron chi connectivity index (χ4n) is 2.53. The van der Waals surface area contributed by atoms with Crippen molar-refractivity contribution in [2.75, 3.05) is 13.7 Å². The van der Waals surface area contributed by atoms with Gasteiger partial charge < -0.3 is 10.5 Å². The van der Waals surface area contributed by atoms with Crippen LogP contribution in [0.3, 0.4) is 0 Å². The SMILES string of the molecule is CC1OCCC1N(C)Cc1ccc(C(=N)N)cc1Cl. The Labute approximate surface area is 119 Å². The number of nitrogens with zero attached hydrogens (tertiary/aromatic N) is 1. The summed E-state index contributed by atoms with van der Waals surface area (Å²) < 4.78 is 5.59. The van der Waals surface area contributed by atoms with Crippen molar-refractivity contribution in [3.05, 3.63) is 34.3 Å². The molecule has 0 aliphatic carbocycles. The molecular formula is C14H20ClN3O. The summed E-state index contributed by atoms with van der Waals surface area (Å²) in [6.07, 6.45) is 1.32. The number of nitrogens with two attached hydrogens (primary N) is 1. The average molecular weight is 282 g/mol. The maximum Gasteiger partial charge on any atom is 0.122 e. The lowest BCUT2D eigenvalue weighted by molar-refractivity contribution is 0.0814. The Morgan fingerprint density at radius 1 is 1.58 bits per heavy atom. The molecule has 0 aromatic heterocycles. The van der Waals surface area contributed by atoms with Gasteiger partial charge in [-0.25, -0.2) is 0 Å². The molecule has 1 heterocycles. The van der Waals surface area contributed by atoms with Crippen LogP contribution in [0, 0.1) is 5.41 Å². The molecule has 1 aromatic carbocycles. The summed E-state index contributed by atoms with van der Waals surface area (Å²) in [6.45, 7) is 3.71. The quantitative estimate of drug-likeness (QED) is 0.657. The third-order valence-corrected chi connectivity index (χ3v) is 4.04. The molecular weight excluding hydrogens is 262 g/mol. The molecule has 2 rings (SSSR count). The Morgan fingerprint density at radius 2 is 2.32 bits per heavy atom. The van der Waals surface area contributed by atoms with Gasteiger partial charge in [-0.05, 0) is 32.0 Å². The van der Waals surface area contributed by atoms with Gasteiger partial charge in [0.05, 0.1) is 6.10 Å². The molecule has 1 saturated heterocycles. The Balaban J connectivity index is 2.08. The van der Waals surface area contributed by atoms with Gasteiger partial charge in [-0.1, -0.05) is 23.7 Å². The van der Waals surface area contributed by atoms with Crippen molar-refractivity contribution in [2.24, 2.45) is 5.73 Å². The van der Waals surface area contributed by atoms with Gasteiger partial charge >= 0.3 is 0 Å². The summed E-state index contributed by atoms with van der Waals surface area (Å²) in [6, 6.07) is 5.97. The summed E-state index contributed by atoms with van der Waals surface area (Å²) in [7, 11) is 2.09. The Kier molecular flexibility index (Phi) is 4.45. The third-order valence-electron chi connectivity index (χ3n) is 3.69. The number of benzene rings is 1. The van der Waals surface area contributed by atoms with Crippen molar-refractivity contribution in [2.45, 2.75) is 32.0 Å². The molecule has 4 nitrogen and oxygen atoms in total.